The molecule has 0 fully saturated rings. The average Bonchev–Trinajstić information content (AvgIpc) is 3.14. The molecule has 0 bridgehead atoms. The maximum atomic E-state index is 12.1. The minimum Gasteiger partial charge on any atom is -0.294 e. The minimum absolute atomic E-state index is 0.0489. The fourth-order valence-electron chi connectivity index (χ4n) is 2.35. The van der Waals surface area contributed by atoms with E-state index in [-0.39, 0.29) is 5.78 Å². The van der Waals surface area contributed by atoms with Crippen molar-refractivity contribution >= 4 is 23.2 Å². The number of allylic oxidation sites excluding steroid dienone is 1. The number of ketones is 1. The maximum absolute atomic E-state index is 12.1. The van der Waals surface area contributed by atoms with Crippen molar-refractivity contribution in [3.05, 3.63) is 70.8 Å². The fraction of sp³-hybridized carbons (Fsp3) is 0.118. The Morgan fingerprint density at radius 1 is 1.32 bits per heavy atom. The summed E-state index contributed by atoms with van der Waals surface area (Å²) < 4.78 is 2.10. The summed E-state index contributed by atoms with van der Waals surface area (Å²) in [4.78, 5) is 20.4. The molecule has 0 unspecified atom stereocenters. The van der Waals surface area contributed by atoms with Gasteiger partial charge in [0.05, 0.1) is 0 Å². The Kier molecular flexibility index (Phi) is 3.98. The van der Waals surface area contributed by atoms with Crippen molar-refractivity contribution in [2.75, 3.05) is 0 Å². The molecule has 0 saturated heterocycles. The monoisotopic (exact) mass is 309 g/mol. The molecule has 3 rings (SSSR count). The van der Waals surface area contributed by atoms with Crippen molar-refractivity contribution in [2.45, 2.75) is 13.8 Å². The van der Waals surface area contributed by atoms with Gasteiger partial charge in [0.15, 0.2) is 10.9 Å². The van der Waals surface area contributed by atoms with E-state index < -0.39 is 0 Å². The van der Waals surface area contributed by atoms with Crippen molar-refractivity contribution in [2.24, 2.45) is 0 Å². The van der Waals surface area contributed by atoms with Crippen LogP contribution in [0.1, 0.15) is 27.3 Å². The van der Waals surface area contributed by atoms with Gasteiger partial charge in [0.1, 0.15) is 0 Å². The Labute approximate surface area is 132 Å². The highest BCUT2D eigenvalue weighted by molar-refractivity contribution is 7.12. The number of aromatic nitrogens is 3. The van der Waals surface area contributed by atoms with Crippen LogP contribution < -0.4 is 0 Å². The number of thiazole rings is 1. The topological polar surface area (TPSA) is 47.8 Å². The Hall–Kier alpha value is -2.53. The zero-order valence-corrected chi connectivity index (χ0v) is 13.2. The maximum Gasteiger partial charge on any atom is 0.193 e. The summed E-state index contributed by atoms with van der Waals surface area (Å²) in [5.74, 6) is -0.0489. The van der Waals surface area contributed by atoms with Crippen LogP contribution in [0, 0.1) is 13.8 Å². The van der Waals surface area contributed by atoms with Gasteiger partial charge in [-0.25, -0.2) is 4.98 Å². The van der Waals surface area contributed by atoms with Gasteiger partial charge in [-0.3, -0.25) is 14.3 Å². The molecule has 0 aliphatic rings. The summed E-state index contributed by atoms with van der Waals surface area (Å²) in [6.07, 6.45) is 8.46. The Morgan fingerprint density at radius 2 is 2.18 bits per heavy atom. The van der Waals surface area contributed by atoms with Gasteiger partial charge < -0.3 is 0 Å². The summed E-state index contributed by atoms with van der Waals surface area (Å²) in [5.41, 5.74) is 3.78. The summed E-state index contributed by atoms with van der Waals surface area (Å²) in [7, 11) is 0. The molecule has 22 heavy (non-hydrogen) atoms. The van der Waals surface area contributed by atoms with Gasteiger partial charge in [-0.15, -0.1) is 11.3 Å². The first-order chi connectivity index (χ1) is 10.7. The molecule has 0 amide bonds. The first-order valence-corrected chi connectivity index (χ1v) is 7.76. The summed E-state index contributed by atoms with van der Waals surface area (Å²) in [6.45, 7) is 4.07. The molecule has 0 N–H and O–H groups in total. The molecule has 5 heteroatoms. The first kappa shape index (κ1) is 14.4. The predicted octanol–water partition coefficient (Wildman–Crippen LogP) is 3.84. The largest absolute Gasteiger partial charge is 0.294 e. The first-order valence-electron chi connectivity index (χ1n) is 6.88. The molecule has 0 aliphatic heterocycles. The summed E-state index contributed by atoms with van der Waals surface area (Å²) in [5, 5.41) is 2.89. The number of aryl methyl sites for hydroxylation is 1. The summed E-state index contributed by atoms with van der Waals surface area (Å²) in [6, 6.07) is 5.58. The fourth-order valence-corrected chi connectivity index (χ4v) is 3.10. The molecule has 0 spiro atoms. The van der Waals surface area contributed by atoms with Crippen LogP contribution in [0.4, 0.5) is 0 Å². The number of carbonyl (C=O) groups excluding carboxylic acids is 1. The van der Waals surface area contributed by atoms with Gasteiger partial charge in [-0.1, -0.05) is 0 Å². The van der Waals surface area contributed by atoms with E-state index in [2.05, 4.69) is 20.6 Å². The lowest BCUT2D eigenvalue weighted by Crippen LogP contribution is -1.98. The second kappa shape index (κ2) is 6.07. The lowest BCUT2D eigenvalue weighted by molar-refractivity contribution is 0.104. The minimum atomic E-state index is -0.0489. The van der Waals surface area contributed by atoms with Gasteiger partial charge >= 0.3 is 0 Å². The van der Waals surface area contributed by atoms with E-state index in [0.717, 1.165) is 22.1 Å². The second-order valence-electron chi connectivity index (χ2n) is 4.92. The Morgan fingerprint density at radius 3 is 2.86 bits per heavy atom. The third-order valence-electron chi connectivity index (χ3n) is 3.44. The molecular weight excluding hydrogens is 294 g/mol. The third-order valence-corrected chi connectivity index (χ3v) is 4.20. The number of carbonyl (C=O) groups is 1. The molecule has 0 atom stereocenters. The number of nitrogens with zero attached hydrogens (tertiary/aromatic N) is 3. The smallest absolute Gasteiger partial charge is 0.193 e. The highest BCUT2D eigenvalue weighted by Gasteiger charge is 2.11. The SMILES string of the molecule is Cc1cc(/C=C/C(=O)c2cccnc2)c(C)n1-c1nccs1. The van der Waals surface area contributed by atoms with Crippen molar-refractivity contribution in [1.29, 1.82) is 0 Å². The molecule has 3 aromatic heterocycles. The highest BCUT2D eigenvalue weighted by Crippen LogP contribution is 2.23. The number of pyridine rings is 1. The number of hydrogen-bond donors (Lipinski definition) is 0. The van der Waals surface area contributed by atoms with Gasteiger partial charge in [0.2, 0.25) is 0 Å². The van der Waals surface area contributed by atoms with E-state index in [9.17, 15) is 4.79 Å². The van der Waals surface area contributed by atoms with Crippen LogP contribution in [-0.2, 0) is 0 Å². The quantitative estimate of drug-likeness (QED) is 0.543. The Bertz CT molecular complexity index is 817. The molecule has 3 aromatic rings. The Balaban J connectivity index is 1.89. The molecular formula is C17H15N3OS. The number of rotatable bonds is 4. The molecule has 110 valence electrons. The van der Waals surface area contributed by atoms with Gasteiger partial charge in [0.25, 0.3) is 0 Å². The van der Waals surface area contributed by atoms with Crippen LogP contribution in [0.3, 0.4) is 0 Å². The van der Waals surface area contributed by atoms with E-state index in [1.165, 1.54) is 0 Å². The lowest BCUT2D eigenvalue weighted by Gasteiger charge is -2.04. The number of hydrogen-bond acceptors (Lipinski definition) is 4. The lowest BCUT2D eigenvalue weighted by atomic mass is 10.1. The molecule has 4 nitrogen and oxygen atoms in total. The summed E-state index contributed by atoms with van der Waals surface area (Å²) >= 11 is 1.59. The standard InChI is InChI=1S/C17H15N3OS/c1-12-10-14(13(2)20(12)17-19-8-9-22-17)5-6-16(21)15-4-3-7-18-11-15/h3-11H,1-2H3/b6-5+. The van der Waals surface area contributed by atoms with E-state index in [0.29, 0.717) is 5.56 Å². The van der Waals surface area contributed by atoms with Gasteiger partial charge in [0, 0.05) is 40.9 Å². The van der Waals surface area contributed by atoms with Gasteiger partial charge in [-0.05, 0) is 49.8 Å². The average molecular weight is 309 g/mol. The van der Waals surface area contributed by atoms with Crippen LogP contribution in [0.25, 0.3) is 11.2 Å². The van der Waals surface area contributed by atoms with Crippen LogP contribution in [0.2, 0.25) is 0 Å². The predicted molar refractivity (Wildman–Crippen MR) is 88.5 cm³/mol. The van der Waals surface area contributed by atoms with Crippen molar-refractivity contribution in [1.82, 2.24) is 14.5 Å². The molecule has 0 radical (unpaired) electrons. The van der Waals surface area contributed by atoms with Gasteiger partial charge in [-0.2, -0.15) is 0 Å². The van der Waals surface area contributed by atoms with Crippen LogP contribution in [0.15, 0.2) is 48.2 Å². The van der Waals surface area contributed by atoms with Crippen molar-refractivity contribution in [3.8, 4) is 5.13 Å². The molecule has 0 aliphatic carbocycles. The van der Waals surface area contributed by atoms with Crippen LogP contribution >= 0.6 is 11.3 Å². The highest BCUT2D eigenvalue weighted by atomic mass is 32.1. The molecule has 3 heterocycles. The van der Waals surface area contributed by atoms with E-state index in [1.807, 2.05) is 25.3 Å². The van der Waals surface area contributed by atoms with E-state index in [1.54, 1.807) is 48.1 Å². The van der Waals surface area contributed by atoms with E-state index in [4.69, 9.17) is 0 Å². The molecule has 0 aromatic carbocycles. The van der Waals surface area contributed by atoms with Crippen molar-refractivity contribution in [3.63, 3.8) is 0 Å². The zero-order chi connectivity index (χ0) is 15.5. The van der Waals surface area contributed by atoms with E-state index >= 15 is 0 Å². The van der Waals surface area contributed by atoms with Crippen LogP contribution in [-0.4, -0.2) is 20.3 Å². The normalized spacial score (nSPS) is 11.2. The second-order valence-corrected chi connectivity index (χ2v) is 5.79. The zero-order valence-electron chi connectivity index (χ0n) is 12.4. The molecule has 0 saturated carbocycles. The third kappa shape index (κ3) is 2.76. The van der Waals surface area contributed by atoms with Crippen molar-refractivity contribution < 1.29 is 4.79 Å². The van der Waals surface area contributed by atoms with Crippen LogP contribution in [0.5, 0.6) is 0 Å².